The van der Waals surface area contributed by atoms with Crippen LogP contribution in [-0.4, -0.2) is 36.1 Å². The van der Waals surface area contributed by atoms with Crippen LogP contribution in [0.3, 0.4) is 0 Å². The molecule has 1 aromatic rings. The lowest BCUT2D eigenvalue weighted by Gasteiger charge is -2.19. The third-order valence-electron chi connectivity index (χ3n) is 2.34. The average molecular weight is 223 g/mol. The van der Waals surface area contributed by atoms with Crippen molar-refractivity contribution in [3.8, 4) is 0 Å². The molecule has 0 aliphatic carbocycles. The second kappa shape index (κ2) is 6.27. The standard InChI is InChI=1S/C11H21N5/c1-4-16(5-2)11-14-9(3)8-10(15-11)13-7-6-12/h8H,4-7,12H2,1-3H3,(H,13,14,15). The predicted octanol–water partition coefficient (Wildman–Crippen LogP) is 1.00. The minimum absolute atomic E-state index is 0.601. The first-order valence-corrected chi connectivity index (χ1v) is 5.75. The van der Waals surface area contributed by atoms with Crippen LogP contribution in [0.25, 0.3) is 0 Å². The second-order valence-electron chi connectivity index (χ2n) is 3.58. The van der Waals surface area contributed by atoms with Crippen LogP contribution in [0.15, 0.2) is 6.07 Å². The molecule has 3 N–H and O–H groups in total. The van der Waals surface area contributed by atoms with Gasteiger partial charge >= 0.3 is 0 Å². The summed E-state index contributed by atoms with van der Waals surface area (Å²) in [5.41, 5.74) is 6.42. The molecular formula is C11H21N5. The van der Waals surface area contributed by atoms with Gasteiger partial charge in [-0.3, -0.25) is 0 Å². The molecule has 16 heavy (non-hydrogen) atoms. The molecule has 0 aromatic carbocycles. The van der Waals surface area contributed by atoms with Gasteiger partial charge in [-0.05, 0) is 20.8 Å². The van der Waals surface area contributed by atoms with Gasteiger partial charge in [-0.2, -0.15) is 4.98 Å². The molecule has 1 heterocycles. The molecule has 0 saturated carbocycles. The Kier molecular flexibility index (Phi) is 4.98. The largest absolute Gasteiger partial charge is 0.369 e. The van der Waals surface area contributed by atoms with Gasteiger partial charge in [0.05, 0.1) is 0 Å². The molecule has 1 rings (SSSR count). The number of nitrogens with zero attached hydrogens (tertiary/aromatic N) is 3. The maximum absolute atomic E-state index is 5.45. The van der Waals surface area contributed by atoms with Crippen LogP contribution in [0.2, 0.25) is 0 Å². The molecule has 0 radical (unpaired) electrons. The van der Waals surface area contributed by atoms with Gasteiger partial charge in [0.15, 0.2) is 0 Å². The van der Waals surface area contributed by atoms with E-state index in [9.17, 15) is 0 Å². The van der Waals surface area contributed by atoms with Gasteiger partial charge in [-0.15, -0.1) is 0 Å². The Hall–Kier alpha value is -1.36. The SMILES string of the molecule is CCN(CC)c1nc(C)cc(NCCN)n1. The van der Waals surface area contributed by atoms with Gasteiger partial charge in [0.2, 0.25) is 5.95 Å². The first kappa shape index (κ1) is 12.7. The first-order valence-electron chi connectivity index (χ1n) is 5.75. The molecule has 90 valence electrons. The zero-order valence-corrected chi connectivity index (χ0v) is 10.3. The van der Waals surface area contributed by atoms with E-state index in [1.54, 1.807) is 0 Å². The molecule has 0 aliphatic heterocycles. The Morgan fingerprint density at radius 1 is 1.31 bits per heavy atom. The van der Waals surface area contributed by atoms with Gasteiger partial charge in [-0.25, -0.2) is 4.98 Å². The van der Waals surface area contributed by atoms with Crippen molar-refractivity contribution in [3.05, 3.63) is 11.8 Å². The minimum atomic E-state index is 0.601. The van der Waals surface area contributed by atoms with Crippen molar-refractivity contribution < 1.29 is 0 Å². The Balaban J connectivity index is 2.88. The zero-order valence-electron chi connectivity index (χ0n) is 10.3. The topological polar surface area (TPSA) is 67.1 Å². The molecule has 5 heteroatoms. The summed E-state index contributed by atoms with van der Waals surface area (Å²) in [6, 6.07) is 1.93. The highest BCUT2D eigenvalue weighted by molar-refractivity contribution is 5.43. The van der Waals surface area contributed by atoms with Crippen molar-refractivity contribution >= 4 is 11.8 Å². The fraction of sp³-hybridized carbons (Fsp3) is 0.636. The number of nitrogens with two attached hydrogens (primary N) is 1. The highest BCUT2D eigenvalue weighted by atomic mass is 15.3. The Morgan fingerprint density at radius 3 is 2.56 bits per heavy atom. The van der Waals surface area contributed by atoms with Crippen molar-refractivity contribution in [2.75, 3.05) is 36.4 Å². The third-order valence-corrected chi connectivity index (χ3v) is 2.34. The highest BCUT2D eigenvalue weighted by Gasteiger charge is 2.07. The van der Waals surface area contributed by atoms with E-state index in [2.05, 4.69) is 34.0 Å². The van der Waals surface area contributed by atoms with Gasteiger partial charge < -0.3 is 16.0 Å². The van der Waals surface area contributed by atoms with Crippen LogP contribution in [0.1, 0.15) is 19.5 Å². The summed E-state index contributed by atoms with van der Waals surface area (Å²) in [5.74, 6) is 1.63. The quantitative estimate of drug-likeness (QED) is 0.753. The fourth-order valence-corrected chi connectivity index (χ4v) is 1.49. The predicted molar refractivity (Wildman–Crippen MR) is 67.9 cm³/mol. The number of anilines is 2. The third kappa shape index (κ3) is 3.34. The van der Waals surface area contributed by atoms with E-state index in [0.29, 0.717) is 6.54 Å². The molecule has 0 amide bonds. The van der Waals surface area contributed by atoms with E-state index in [-0.39, 0.29) is 0 Å². The van der Waals surface area contributed by atoms with Crippen molar-refractivity contribution in [1.29, 1.82) is 0 Å². The van der Waals surface area contributed by atoms with E-state index < -0.39 is 0 Å². The number of aromatic nitrogens is 2. The van der Waals surface area contributed by atoms with Crippen molar-refractivity contribution in [1.82, 2.24) is 9.97 Å². The number of rotatable bonds is 6. The summed E-state index contributed by atoms with van der Waals surface area (Å²) in [4.78, 5) is 11.0. The van der Waals surface area contributed by atoms with Crippen molar-refractivity contribution in [3.63, 3.8) is 0 Å². The van der Waals surface area contributed by atoms with Crippen LogP contribution >= 0.6 is 0 Å². The monoisotopic (exact) mass is 223 g/mol. The second-order valence-corrected chi connectivity index (χ2v) is 3.58. The smallest absolute Gasteiger partial charge is 0.227 e. The van der Waals surface area contributed by atoms with Gasteiger partial charge in [0.1, 0.15) is 5.82 Å². The first-order chi connectivity index (χ1) is 7.71. The van der Waals surface area contributed by atoms with Crippen LogP contribution in [-0.2, 0) is 0 Å². The highest BCUT2D eigenvalue weighted by Crippen LogP contribution is 2.12. The van der Waals surface area contributed by atoms with Crippen LogP contribution < -0.4 is 16.0 Å². The molecular weight excluding hydrogens is 202 g/mol. The molecule has 0 bridgehead atoms. The number of aryl methyl sites for hydroxylation is 1. The zero-order chi connectivity index (χ0) is 12.0. The molecule has 0 aliphatic rings. The molecule has 0 atom stereocenters. The lowest BCUT2D eigenvalue weighted by atomic mass is 10.4. The molecule has 0 fully saturated rings. The van der Waals surface area contributed by atoms with E-state index in [4.69, 9.17) is 5.73 Å². The van der Waals surface area contributed by atoms with Crippen molar-refractivity contribution in [2.45, 2.75) is 20.8 Å². The Bertz CT molecular complexity index is 322. The van der Waals surface area contributed by atoms with E-state index in [1.807, 2.05) is 13.0 Å². The summed E-state index contributed by atoms with van der Waals surface area (Å²) < 4.78 is 0. The van der Waals surface area contributed by atoms with Crippen LogP contribution in [0, 0.1) is 6.92 Å². The number of nitrogens with one attached hydrogen (secondary N) is 1. The molecule has 1 aromatic heterocycles. The summed E-state index contributed by atoms with van der Waals surface area (Å²) in [6.07, 6.45) is 0. The maximum Gasteiger partial charge on any atom is 0.227 e. The fourth-order valence-electron chi connectivity index (χ4n) is 1.49. The summed E-state index contributed by atoms with van der Waals surface area (Å²) in [5, 5.41) is 3.18. The van der Waals surface area contributed by atoms with E-state index in [1.165, 1.54) is 0 Å². The average Bonchev–Trinajstić information content (AvgIpc) is 2.27. The maximum atomic E-state index is 5.45. The Morgan fingerprint density at radius 2 is 2.00 bits per heavy atom. The van der Waals surface area contributed by atoms with Crippen LogP contribution in [0.4, 0.5) is 11.8 Å². The lowest BCUT2D eigenvalue weighted by molar-refractivity contribution is 0.816. The summed E-state index contributed by atoms with van der Waals surface area (Å²) >= 11 is 0. The van der Waals surface area contributed by atoms with E-state index in [0.717, 1.165) is 37.1 Å². The minimum Gasteiger partial charge on any atom is -0.369 e. The lowest BCUT2D eigenvalue weighted by Crippen LogP contribution is -2.25. The molecule has 0 unspecified atom stereocenters. The normalized spacial score (nSPS) is 10.2. The number of hydrogen-bond acceptors (Lipinski definition) is 5. The molecule has 0 saturated heterocycles. The molecule has 0 spiro atoms. The number of hydrogen-bond donors (Lipinski definition) is 2. The van der Waals surface area contributed by atoms with E-state index >= 15 is 0 Å². The van der Waals surface area contributed by atoms with Gasteiger partial charge in [0, 0.05) is 37.9 Å². The summed E-state index contributed by atoms with van der Waals surface area (Å²) in [7, 11) is 0. The van der Waals surface area contributed by atoms with Gasteiger partial charge in [-0.1, -0.05) is 0 Å². The Labute approximate surface area is 97.1 Å². The summed E-state index contributed by atoms with van der Waals surface area (Å²) in [6.45, 7) is 9.33. The van der Waals surface area contributed by atoms with Crippen LogP contribution in [0.5, 0.6) is 0 Å². The van der Waals surface area contributed by atoms with Gasteiger partial charge in [0.25, 0.3) is 0 Å². The molecule has 5 nitrogen and oxygen atoms in total. The van der Waals surface area contributed by atoms with Crippen molar-refractivity contribution in [2.24, 2.45) is 5.73 Å².